The Hall–Kier alpha value is -1.39. The van der Waals surface area contributed by atoms with Crippen molar-refractivity contribution >= 4 is 5.78 Å². The van der Waals surface area contributed by atoms with Crippen molar-refractivity contribution in [3.63, 3.8) is 0 Å². The summed E-state index contributed by atoms with van der Waals surface area (Å²) in [5.74, 6) is 0.697. The van der Waals surface area contributed by atoms with Gasteiger partial charge in [-0.05, 0) is 37.5 Å². The first-order valence-electron chi connectivity index (χ1n) is 7.68. The van der Waals surface area contributed by atoms with Crippen LogP contribution in [0, 0.1) is 6.92 Å². The largest absolute Gasteiger partial charge is 0.496 e. The number of Topliss-reactive ketones (excluding diaryl/α,β-unsaturated/α-hetero) is 1. The topological polar surface area (TPSA) is 49.8 Å². The highest BCUT2D eigenvalue weighted by molar-refractivity contribution is 6.00. The van der Waals surface area contributed by atoms with Crippen LogP contribution in [-0.4, -0.2) is 48.6 Å². The van der Waals surface area contributed by atoms with Crippen molar-refractivity contribution in [1.29, 1.82) is 0 Å². The van der Waals surface area contributed by atoms with E-state index in [4.69, 9.17) is 4.74 Å². The van der Waals surface area contributed by atoms with E-state index in [-0.39, 0.29) is 12.4 Å². The lowest BCUT2D eigenvalue weighted by Crippen LogP contribution is -2.39. The summed E-state index contributed by atoms with van der Waals surface area (Å²) in [6.07, 6.45) is 4.68. The summed E-state index contributed by atoms with van der Waals surface area (Å²) >= 11 is 0. The van der Waals surface area contributed by atoms with Crippen LogP contribution >= 0.6 is 0 Å². The van der Waals surface area contributed by atoms with Crippen LogP contribution in [0.1, 0.15) is 41.6 Å². The molecule has 0 aromatic heterocycles. The second-order valence-electron chi connectivity index (χ2n) is 5.76. The Labute approximate surface area is 126 Å². The van der Waals surface area contributed by atoms with Gasteiger partial charge in [0.2, 0.25) is 0 Å². The maximum atomic E-state index is 12.6. The Morgan fingerprint density at radius 2 is 2.10 bits per heavy atom. The number of ketones is 1. The Balaban J connectivity index is 2.11. The summed E-state index contributed by atoms with van der Waals surface area (Å²) in [4.78, 5) is 14.7. The zero-order chi connectivity index (χ0) is 15.2. The lowest BCUT2D eigenvalue weighted by molar-refractivity contribution is 0.0859. The molecule has 0 atom stereocenters. The molecular weight excluding hydrogens is 266 g/mol. The smallest absolute Gasteiger partial charge is 0.180 e. The van der Waals surface area contributed by atoms with Crippen LogP contribution in [0.3, 0.4) is 0 Å². The number of aliphatic hydroxyl groups excluding tert-OH is 1. The zero-order valence-electron chi connectivity index (χ0n) is 13.0. The molecule has 0 heterocycles. The molecule has 1 saturated carbocycles. The van der Waals surface area contributed by atoms with Gasteiger partial charge in [-0.2, -0.15) is 0 Å². The van der Waals surface area contributed by atoms with E-state index in [0.717, 1.165) is 18.4 Å². The van der Waals surface area contributed by atoms with Gasteiger partial charge in [0.25, 0.3) is 0 Å². The fraction of sp³-hybridized carbons (Fsp3) is 0.588. The van der Waals surface area contributed by atoms with Crippen LogP contribution in [0.5, 0.6) is 5.75 Å². The van der Waals surface area contributed by atoms with E-state index in [1.807, 2.05) is 25.1 Å². The number of rotatable bonds is 7. The van der Waals surface area contributed by atoms with E-state index in [0.29, 0.717) is 30.4 Å². The molecule has 1 aromatic carbocycles. The second-order valence-corrected chi connectivity index (χ2v) is 5.76. The minimum absolute atomic E-state index is 0.0622. The van der Waals surface area contributed by atoms with Gasteiger partial charge in [-0.1, -0.05) is 18.9 Å². The predicted octanol–water partition coefficient (Wildman–Crippen LogP) is 2.42. The zero-order valence-corrected chi connectivity index (χ0v) is 13.0. The van der Waals surface area contributed by atoms with Crippen molar-refractivity contribution in [3.05, 3.63) is 29.3 Å². The Morgan fingerprint density at radius 1 is 1.38 bits per heavy atom. The summed E-state index contributed by atoms with van der Waals surface area (Å²) in [6, 6.07) is 6.08. The Kier molecular flexibility index (Phi) is 5.76. The van der Waals surface area contributed by atoms with Crippen molar-refractivity contribution in [2.45, 2.75) is 38.6 Å². The Morgan fingerprint density at radius 3 is 2.71 bits per heavy atom. The van der Waals surface area contributed by atoms with Crippen molar-refractivity contribution in [2.75, 3.05) is 26.8 Å². The maximum Gasteiger partial charge on any atom is 0.180 e. The third kappa shape index (κ3) is 4.05. The van der Waals surface area contributed by atoms with Gasteiger partial charge in [0, 0.05) is 12.6 Å². The van der Waals surface area contributed by atoms with Crippen LogP contribution in [0.4, 0.5) is 0 Å². The number of nitrogens with zero attached hydrogens (tertiary/aromatic N) is 1. The number of aliphatic hydroxyl groups is 1. The maximum absolute atomic E-state index is 12.6. The third-order valence-electron chi connectivity index (χ3n) is 4.23. The van der Waals surface area contributed by atoms with Gasteiger partial charge in [0.05, 0.1) is 25.8 Å². The molecule has 0 spiro atoms. The lowest BCUT2D eigenvalue weighted by atomic mass is 10.1. The summed E-state index contributed by atoms with van der Waals surface area (Å²) in [7, 11) is 1.59. The molecule has 1 N–H and O–H groups in total. The average Bonchev–Trinajstić information content (AvgIpc) is 3.00. The molecule has 0 unspecified atom stereocenters. The van der Waals surface area contributed by atoms with Gasteiger partial charge in [-0.25, -0.2) is 0 Å². The molecule has 116 valence electrons. The van der Waals surface area contributed by atoms with E-state index < -0.39 is 0 Å². The first kappa shape index (κ1) is 16.0. The van der Waals surface area contributed by atoms with Crippen molar-refractivity contribution < 1.29 is 14.6 Å². The molecule has 1 aliphatic carbocycles. The first-order chi connectivity index (χ1) is 10.2. The quantitative estimate of drug-likeness (QED) is 0.784. The molecule has 0 amide bonds. The number of methoxy groups -OCH3 is 1. The molecule has 4 nitrogen and oxygen atoms in total. The molecule has 21 heavy (non-hydrogen) atoms. The van der Waals surface area contributed by atoms with E-state index in [9.17, 15) is 9.90 Å². The van der Waals surface area contributed by atoms with E-state index >= 15 is 0 Å². The predicted molar refractivity (Wildman–Crippen MR) is 83.0 cm³/mol. The van der Waals surface area contributed by atoms with E-state index in [2.05, 4.69) is 4.90 Å². The first-order valence-corrected chi connectivity index (χ1v) is 7.68. The van der Waals surface area contributed by atoms with Gasteiger partial charge in [0.1, 0.15) is 5.75 Å². The lowest BCUT2D eigenvalue weighted by Gasteiger charge is -2.27. The number of aryl methyl sites for hydroxylation is 1. The number of hydrogen-bond donors (Lipinski definition) is 1. The van der Waals surface area contributed by atoms with Crippen LogP contribution in [0.15, 0.2) is 18.2 Å². The minimum Gasteiger partial charge on any atom is -0.496 e. The number of carbonyl (C=O) groups is 1. The van der Waals surface area contributed by atoms with E-state index in [1.165, 1.54) is 12.8 Å². The molecule has 2 rings (SSSR count). The van der Waals surface area contributed by atoms with Gasteiger partial charge in [-0.15, -0.1) is 0 Å². The molecule has 0 radical (unpaired) electrons. The summed E-state index contributed by atoms with van der Waals surface area (Å²) in [5, 5.41) is 9.24. The van der Waals surface area contributed by atoms with Crippen molar-refractivity contribution in [1.82, 2.24) is 4.90 Å². The molecule has 1 fully saturated rings. The summed E-state index contributed by atoms with van der Waals surface area (Å²) in [5.41, 5.74) is 1.70. The summed E-state index contributed by atoms with van der Waals surface area (Å²) in [6.45, 7) is 2.98. The molecular formula is C17H25NO3. The molecule has 0 bridgehead atoms. The SMILES string of the molecule is COc1cc(C)ccc1C(=O)CN(CCO)C1CCCC1. The molecule has 0 aliphatic heterocycles. The van der Waals surface area contributed by atoms with Crippen LogP contribution in [0.25, 0.3) is 0 Å². The van der Waals surface area contributed by atoms with Crippen molar-refractivity contribution in [2.24, 2.45) is 0 Å². The van der Waals surface area contributed by atoms with Gasteiger partial charge in [-0.3, -0.25) is 9.69 Å². The number of ether oxygens (including phenoxy) is 1. The monoisotopic (exact) mass is 291 g/mol. The van der Waals surface area contributed by atoms with Gasteiger partial charge >= 0.3 is 0 Å². The minimum atomic E-state index is 0.0622. The fourth-order valence-electron chi connectivity index (χ4n) is 3.09. The highest BCUT2D eigenvalue weighted by atomic mass is 16.5. The number of hydrogen-bond acceptors (Lipinski definition) is 4. The van der Waals surface area contributed by atoms with Gasteiger partial charge in [0.15, 0.2) is 5.78 Å². The fourth-order valence-corrected chi connectivity index (χ4v) is 3.09. The molecule has 1 aliphatic rings. The molecule has 1 aromatic rings. The van der Waals surface area contributed by atoms with E-state index in [1.54, 1.807) is 7.11 Å². The number of benzene rings is 1. The van der Waals surface area contributed by atoms with Crippen LogP contribution in [-0.2, 0) is 0 Å². The van der Waals surface area contributed by atoms with Crippen molar-refractivity contribution in [3.8, 4) is 5.75 Å². The van der Waals surface area contributed by atoms with Gasteiger partial charge < -0.3 is 9.84 Å². The summed E-state index contributed by atoms with van der Waals surface area (Å²) < 4.78 is 5.33. The second kappa shape index (κ2) is 7.57. The van der Waals surface area contributed by atoms with Crippen LogP contribution in [0.2, 0.25) is 0 Å². The normalized spacial score (nSPS) is 15.6. The standard InChI is InChI=1S/C17H25NO3/c1-13-7-8-15(17(11-13)21-2)16(20)12-18(9-10-19)14-5-3-4-6-14/h7-8,11,14,19H,3-6,9-10,12H2,1-2H3. The number of carbonyl (C=O) groups excluding carboxylic acids is 1. The molecule has 4 heteroatoms. The average molecular weight is 291 g/mol. The highest BCUT2D eigenvalue weighted by Gasteiger charge is 2.25. The Bertz CT molecular complexity index is 481. The third-order valence-corrected chi connectivity index (χ3v) is 4.23. The molecule has 0 saturated heterocycles. The van der Waals surface area contributed by atoms with Crippen LogP contribution < -0.4 is 4.74 Å². The highest BCUT2D eigenvalue weighted by Crippen LogP contribution is 2.25.